The smallest absolute Gasteiger partial charge is 0.313 e. The monoisotopic (exact) mass is 280 g/mol. The molecule has 19 heavy (non-hydrogen) atoms. The summed E-state index contributed by atoms with van der Waals surface area (Å²) in [4.78, 5) is 15.2. The number of fused-ring (bicyclic) bond motifs is 1. The number of carbonyl (C=O) groups is 1. The van der Waals surface area contributed by atoms with E-state index in [0.29, 0.717) is 0 Å². The first-order valence-corrected chi connectivity index (χ1v) is 7.03. The zero-order valence-corrected chi connectivity index (χ0v) is 11.7. The second-order valence-electron chi connectivity index (χ2n) is 4.08. The number of carboxylic acids is 1. The lowest BCUT2D eigenvalue weighted by Crippen LogP contribution is -2.03. The molecule has 0 aliphatic heterocycles. The van der Waals surface area contributed by atoms with Gasteiger partial charge in [-0.1, -0.05) is 18.7 Å². The van der Waals surface area contributed by atoms with Gasteiger partial charge in [-0.25, -0.2) is 4.98 Å². The SMILES string of the molecule is CCCn1c(SCC(=O)O)nc2cc(OC)ccc21. The van der Waals surface area contributed by atoms with E-state index in [9.17, 15) is 4.79 Å². The molecule has 1 N–H and O–H groups in total. The van der Waals surface area contributed by atoms with Crippen LogP contribution in [0.5, 0.6) is 5.75 Å². The highest BCUT2D eigenvalue weighted by Gasteiger charge is 2.12. The second kappa shape index (κ2) is 5.97. The van der Waals surface area contributed by atoms with Crippen LogP contribution >= 0.6 is 11.8 Å². The van der Waals surface area contributed by atoms with Crippen LogP contribution in [-0.4, -0.2) is 33.5 Å². The summed E-state index contributed by atoms with van der Waals surface area (Å²) in [5.41, 5.74) is 1.84. The Bertz CT molecular complexity index is 595. The lowest BCUT2D eigenvalue weighted by Gasteiger charge is -2.06. The van der Waals surface area contributed by atoms with E-state index >= 15 is 0 Å². The maximum Gasteiger partial charge on any atom is 0.313 e. The Morgan fingerprint density at radius 3 is 2.95 bits per heavy atom. The first kappa shape index (κ1) is 13.7. The standard InChI is InChI=1S/C13H16N2O3S/c1-3-6-15-11-5-4-9(18-2)7-10(11)14-13(15)19-8-12(16)17/h4-5,7H,3,6,8H2,1-2H3,(H,16,17). The Morgan fingerprint density at radius 1 is 1.53 bits per heavy atom. The van der Waals surface area contributed by atoms with Gasteiger partial charge in [-0.3, -0.25) is 4.79 Å². The largest absolute Gasteiger partial charge is 0.497 e. The first-order valence-electron chi connectivity index (χ1n) is 6.04. The van der Waals surface area contributed by atoms with Gasteiger partial charge in [0.2, 0.25) is 0 Å². The van der Waals surface area contributed by atoms with E-state index in [1.165, 1.54) is 11.8 Å². The van der Waals surface area contributed by atoms with E-state index < -0.39 is 5.97 Å². The normalized spacial score (nSPS) is 10.8. The molecule has 1 aromatic heterocycles. The Morgan fingerprint density at radius 2 is 2.32 bits per heavy atom. The molecule has 0 saturated heterocycles. The van der Waals surface area contributed by atoms with Crippen molar-refractivity contribution in [1.29, 1.82) is 0 Å². The number of benzene rings is 1. The van der Waals surface area contributed by atoms with Crippen molar-refractivity contribution in [2.45, 2.75) is 25.0 Å². The van der Waals surface area contributed by atoms with Crippen LogP contribution in [0.25, 0.3) is 11.0 Å². The maximum absolute atomic E-state index is 10.7. The van der Waals surface area contributed by atoms with E-state index in [1.807, 2.05) is 18.2 Å². The molecule has 1 heterocycles. The van der Waals surface area contributed by atoms with Crippen LogP contribution in [0.4, 0.5) is 0 Å². The van der Waals surface area contributed by atoms with Gasteiger partial charge in [0.25, 0.3) is 0 Å². The number of carboxylic acid groups (broad SMARTS) is 1. The van der Waals surface area contributed by atoms with E-state index in [2.05, 4.69) is 16.5 Å². The van der Waals surface area contributed by atoms with Crippen molar-refractivity contribution < 1.29 is 14.6 Å². The minimum Gasteiger partial charge on any atom is -0.497 e. The molecule has 0 amide bonds. The fourth-order valence-electron chi connectivity index (χ4n) is 1.89. The maximum atomic E-state index is 10.7. The Hall–Kier alpha value is -1.69. The number of aliphatic carboxylic acids is 1. The molecule has 0 unspecified atom stereocenters. The summed E-state index contributed by atoms with van der Waals surface area (Å²) in [5.74, 6) is -0.0643. The summed E-state index contributed by atoms with van der Waals surface area (Å²) < 4.78 is 7.24. The number of rotatable bonds is 6. The summed E-state index contributed by atoms with van der Waals surface area (Å²) >= 11 is 1.25. The van der Waals surface area contributed by atoms with Crippen molar-refractivity contribution >= 4 is 28.8 Å². The van der Waals surface area contributed by atoms with Crippen LogP contribution in [0.3, 0.4) is 0 Å². The number of aromatic nitrogens is 2. The summed E-state index contributed by atoms with van der Waals surface area (Å²) in [5, 5.41) is 9.52. The lowest BCUT2D eigenvalue weighted by atomic mass is 10.3. The van der Waals surface area contributed by atoms with Crippen LogP contribution < -0.4 is 4.74 Å². The van der Waals surface area contributed by atoms with Crippen molar-refractivity contribution in [3.63, 3.8) is 0 Å². The second-order valence-corrected chi connectivity index (χ2v) is 5.03. The molecule has 1 aromatic carbocycles. The summed E-state index contributed by atoms with van der Waals surface area (Å²) in [6.07, 6.45) is 0.970. The van der Waals surface area contributed by atoms with Crippen LogP contribution in [0.2, 0.25) is 0 Å². The minimum absolute atomic E-state index is 0.0180. The molecule has 0 radical (unpaired) electrons. The molecule has 0 spiro atoms. The van der Waals surface area contributed by atoms with E-state index in [4.69, 9.17) is 9.84 Å². The zero-order chi connectivity index (χ0) is 13.8. The van der Waals surface area contributed by atoms with Crippen molar-refractivity contribution in [1.82, 2.24) is 9.55 Å². The number of hydrogen-bond acceptors (Lipinski definition) is 4. The molecule has 6 heteroatoms. The molecular formula is C13H16N2O3S. The Labute approximate surface area is 115 Å². The first-order chi connectivity index (χ1) is 9.15. The van der Waals surface area contributed by atoms with E-state index in [1.54, 1.807) is 7.11 Å². The summed E-state index contributed by atoms with van der Waals surface area (Å²) in [7, 11) is 1.62. The van der Waals surface area contributed by atoms with E-state index in [0.717, 1.165) is 34.9 Å². The van der Waals surface area contributed by atoms with Crippen molar-refractivity contribution in [3.8, 4) is 5.75 Å². The minimum atomic E-state index is -0.835. The number of nitrogens with zero attached hydrogens (tertiary/aromatic N) is 2. The fraction of sp³-hybridized carbons (Fsp3) is 0.385. The summed E-state index contributed by atoms with van der Waals surface area (Å²) in [6.45, 7) is 2.91. The van der Waals surface area contributed by atoms with Crippen molar-refractivity contribution in [3.05, 3.63) is 18.2 Å². The highest BCUT2D eigenvalue weighted by atomic mass is 32.2. The third-order valence-electron chi connectivity index (χ3n) is 2.69. The molecule has 0 aliphatic rings. The Balaban J connectivity index is 2.42. The number of hydrogen-bond donors (Lipinski definition) is 1. The predicted molar refractivity (Wildman–Crippen MR) is 74.9 cm³/mol. The van der Waals surface area contributed by atoms with Gasteiger partial charge in [-0.15, -0.1) is 0 Å². The van der Waals surface area contributed by atoms with Gasteiger partial charge < -0.3 is 14.4 Å². The number of aryl methyl sites for hydroxylation is 1. The number of methoxy groups -OCH3 is 1. The van der Waals surface area contributed by atoms with Crippen LogP contribution in [0.1, 0.15) is 13.3 Å². The fourth-order valence-corrected chi connectivity index (χ4v) is 2.65. The van der Waals surface area contributed by atoms with Crippen LogP contribution in [-0.2, 0) is 11.3 Å². The molecule has 0 aliphatic carbocycles. The van der Waals surface area contributed by atoms with Gasteiger partial charge in [-0.2, -0.15) is 0 Å². The number of thioether (sulfide) groups is 1. The number of ether oxygens (including phenoxy) is 1. The summed E-state index contributed by atoms with van der Waals surface area (Å²) in [6, 6.07) is 5.72. The molecule has 5 nitrogen and oxygen atoms in total. The van der Waals surface area contributed by atoms with Gasteiger partial charge in [0, 0.05) is 12.6 Å². The Kier molecular flexibility index (Phi) is 4.31. The third-order valence-corrected chi connectivity index (χ3v) is 3.65. The quantitative estimate of drug-likeness (QED) is 0.824. The van der Waals surface area contributed by atoms with Crippen molar-refractivity contribution in [2.75, 3.05) is 12.9 Å². The zero-order valence-electron chi connectivity index (χ0n) is 10.9. The van der Waals surface area contributed by atoms with Crippen LogP contribution in [0, 0.1) is 0 Å². The molecule has 0 bridgehead atoms. The van der Waals surface area contributed by atoms with Crippen molar-refractivity contribution in [2.24, 2.45) is 0 Å². The molecule has 0 saturated carbocycles. The van der Waals surface area contributed by atoms with Gasteiger partial charge in [-0.05, 0) is 18.6 Å². The van der Waals surface area contributed by atoms with Gasteiger partial charge in [0.15, 0.2) is 5.16 Å². The molecule has 2 aromatic rings. The van der Waals surface area contributed by atoms with Gasteiger partial charge >= 0.3 is 5.97 Å². The molecule has 102 valence electrons. The highest BCUT2D eigenvalue weighted by molar-refractivity contribution is 7.99. The van der Waals surface area contributed by atoms with Gasteiger partial charge in [0.05, 0.1) is 23.9 Å². The van der Waals surface area contributed by atoms with Gasteiger partial charge in [0.1, 0.15) is 5.75 Å². The average molecular weight is 280 g/mol. The average Bonchev–Trinajstić information content (AvgIpc) is 2.74. The number of imidazole rings is 1. The van der Waals surface area contributed by atoms with Crippen LogP contribution in [0.15, 0.2) is 23.4 Å². The molecule has 0 atom stereocenters. The predicted octanol–water partition coefficient (Wildman–Crippen LogP) is 2.63. The molecular weight excluding hydrogens is 264 g/mol. The highest BCUT2D eigenvalue weighted by Crippen LogP contribution is 2.27. The molecule has 2 rings (SSSR count). The molecule has 0 fully saturated rings. The lowest BCUT2D eigenvalue weighted by molar-refractivity contribution is -0.133. The van der Waals surface area contributed by atoms with E-state index in [-0.39, 0.29) is 5.75 Å². The topological polar surface area (TPSA) is 64.4 Å². The third kappa shape index (κ3) is 3.01.